The molecule has 1 unspecified atom stereocenters. The van der Waals surface area contributed by atoms with Crippen molar-refractivity contribution >= 4 is 6.29 Å². The van der Waals surface area contributed by atoms with Gasteiger partial charge in [0.1, 0.15) is 6.29 Å². The van der Waals surface area contributed by atoms with E-state index in [2.05, 4.69) is 41.5 Å². The number of hydrogen-bond donors (Lipinski definition) is 2. The van der Waals surface area contributed by atoms with E-state index in [0.717, 1.165) is 37.9 Å². The predicted octanol–water partition coefficient (Wildman–Crippen LogP) is 4.27. The molecule has 2 aliphatic carbocycles. The van der Waals surface area contributed by atoms with Crippen LogP contribution in [0.2, 0.25) is 0 Å². The zero-order chi connectivity index (χ0) is 20.5. The van der Waals surface area contributed by atoms with E-state index in [1.807, 2.05) is 0 Å². The van der Waals surface area contributed by atoms with Gasteiger partial charge in [-0.3, -0.25) is 4.90 Å². The highest BCUT2D eigenvalue weighted by Gasteiger charge is 2.32. The molecule has 2 saturated carbocycles. The summed E-state index contributed by atoms with van der Waals surface area (Å²) in [7, 11) is 2.31. The van der Waals surface area contributed by atoms with Gasteiger partial charge < -0.3 is 15.2 Å². The average Bonchev–Trinajstić information content (AvgIpc) is 2.75. The first-order valence-corrected chi connectivity index (χ1v) is 11.8. The van der Waals surface area contributed by atoms with Crippen molar-refractivity contribution in [1.82, 2.24) is 10.2 Å². The maximum atomic E-state index is 10.0. The molecular weight excluding hydrogens is 360 g/mol. The van der Waals surface area contributed by atoms with Gasteiger partial charge in [0.05, 0.1) is 12.1 Å². The zero-order valence-electron chi connectivity index (χ0n) is 18.2. The molecule has 0 radical (unpaired) electrons. The fourth-order valence-electron chi connectivity index (χ4n) is 5.54. The van der Waals surface area contributed by atoms with Crippen molar-refractivity contribution in [2.24, 2.45) is 5.92 Å². The van der Waals surface area contributed by atoms with E-state index >= 15 is 0 Å². The molecule has 0 bridgehead atoms. The lowest BCUT2D eigenvalue weighted by Gasteiger charge is -2.41. The molecule has 1 heterocycles. The summed E-state index contributed by atoms with van der Waals surface area (Å²) >= 11 is 0. The van der Waals surface area contributed by atoms with Gasteiger partial charge in [-0.05, 0) is 56.2 Å². The lowest BCUT2D eigenvalue weighted by atomic mass is 9.77. The lowest BCUT2D eigenvalue weighted by Crippen LogP contribution is -2.42. The highest BCUT2D eigenvalue weighted by molar-refractivity contribution is 5.51. The summed E-state index contributed by atoms with van der Waals surface area (Å²) in [6, 6.07) is 9.80. The summed E-state index contributed by atoms with van der Waals surface area (Å²) in [6.45, 7) is 2.15. The standard InChI is InChI=1S/C16H23N.C9H17NO2/c1-17-12-11-13-7-5-6-10-15(13)16(17)14-8-3-2-4-9-14;11-7-6-10-8-9(12)4-2-1-3-5-9/h5-7,10,14,16H,2-4,8-9,11-12H2,1H3;7,10,12H,1-6,8H2. The molecule has 2 N–H and O–H groups in total. The van der Waals surface area contributed by atoms with Gasteiger partial charge in [-0.1, -0.05) is 62.8 Å². The molecule has 0 spiro atoms. The minimum Gasteiger partial charge on any atom is -0.389 e. The number of aldehydes is 1. The molecule has 4 heteroatoms. The number of carbonyl (C=O) groups excluding carboxylic acids is 1. The third-order valence-corrected chi connectivity index (χ3v) is 7.14. The van der Waals surface area contributed by atoms with Crippen molar-refractivity contribution in [3.63, 3.8) is 0 Å². The Labute approximate surface area is 177 Å². The summed E-state index contributed by atoms with van der Waals surface area (Å²) < 4.78 is 0. The van der Waals surface area contributed by atoms with Gasteiger partial charge in [0.2, 0.25) is 0 Å². The Hall–Kier alpha value is -1.23. The van der Waals surface area contributed by atoms with Gasteiger partial charge in [-0.2, -0.15) is 0 Å². The Bertz CT molecular complexity index is 621. The smallest absolute Gasteiger partial charge is 0.133 e. The van der Waals surface area contributed by atoms with E-state index in [4.69, 9.17) is 0 Å². The van der Waals surface area contributed by atoms with Crippen LogP contribution in [0.4, 0.5) is 0 Å². The molecule has 0 aromatic heterocycles. The van der Waals surface area contributed by atoms with Crippen molar-refractivity contribution in [3.05, 3.63) is 35.4 Å². The molecular formula is C25H40N2O2. The maximum absolute atomic E-state index is 10.0. The van der Waals surface area contributed by atoms with Crippen LogP contribution in [0.15, 0.2) is 24.3 Å². The second kappa shape index (κ2) is 11.2. The second-order valence-electron chi connectivity index (χ2n) is 9.35. The van der Waals surface area contributed by atoms with E-state index in [-0.39, 0.29) is 0 Å². The summed E-state index contributed by atoms with van der Waals surface area (Å²) in [5.74, 6) is 0.898. The number of nitrogens with one attached hydrogen (secondary N) is 1. The van der Waals surface area contributed by atoms with Gasteiger partial charge in [0.25, 0.3) is 0 Å². The first-order valence-electron chi connectivity index (χ1n) is 11.8. The van der Waals surface area contributed by atoms with Gasteiger partial charge in [-0.15, -0.1) is 0 Å². The monoisotopic (exact) mass is 400 g/mol. The Morgan fingerprint density at radius 1 is 1.10 bits per heavy atom. The molecule has 1 aromatic carbocycles. The van der Waals surface area contributed by atoms with Crippen LogP contribution in [0.3, 0.4) is 0 Å². The van der Waals surface area contributed by atoms with E-state index in [9.17, 15) is 9.90 Å². The molecule has 3 aliphatic rings. The first kappa shape index (κ1) is 22.5. The Balaban J connectivity index is 0.000000177. The molecule has 1 aliphatic heterocycles. The highest BCUT2D eigenvalue weighted by Crippen LogP contribution is 2.41. The van der Waals surface area contributed by atoms with E-state index in [1.54, 1.807) is 11.1 Å². The summed E-state index contributed by atoms with van der Waals surface area (Å²) in [5, 5.41) is 12.8. The Morgan fingerprint density at radius 2 is 1.79 bits per heavy atom. The molecule has 4 nitrogen and oxygen atoms in total. The SMILES string of the molecule is CN1CCc2ccccc2C1C1CCCCC1.O=CCNCC1(O)CCCCC1. The van der Waals surface area contributed by atoms with E-state index < -0.39 is 5.60 Å². The number of carbonyl (C=O) groups is 1. The van der Waals surface area contributed by atoms with Crippen LogP contribution in [-0.2, 0) is 11.2 Å². The van der Waals surface area contributed by atoms with E-state index in [0.29, 0.717) is 19.1 Å². The molecule has 0 saturated heterocycles. The minimum absolute atomic E-state index is 0.350. The number of likely N-dealkylation sites (N-methyl/N-ethyl adjacent to an activating group) is 1. The third-order valence-electron chi connectivity index (χ3n) is 7.14. The van der Waals surface area contributed by atoms with Crippen molar-refractivity contribution in [2.45, 2.75) is 82.3 Å². The van der Waals surface area contributed by atoms with Crippen LogP contribution in [0.25, 0.3) is 0 Å². The van der Waals surface area contributed by atoms with Crippen LogP contribution < -0.4 is 5.32 Å². The van der Waals surface area contributed by atoms with Crippen LogP contribution in [0.5, 0.6) is 0 Å². The Kier molecular flexibility index (Phi) is 8.70. The van der Waals surface area contributed by atoms with Gasteiger partial charge in [-0.25, -0.2) is 0 Å². The van der Waals surface area contributed by atoms with Crippen LogP contribution >= 0.6 is 0 Å². The number of fused-ring (bicyclic) bond motifs is 1. The van der Waals surface area contributed by atoms with E-state index in [1.165, 1.54) is 51.5 Å². The number of rotatable bonds is 5. The van der Waals surface area contributed by atoms with Crippen molar-refractivity contribution in [2.75, 3.05) is 26.7 Å². The van der Waals surface area contributed by atoms with Crippen LogP contribution in [0, 0.1) is 5.92 Å². The fourth-order valence-corrected chi connectivity index (χ4v) is 5.54. The van der Waals surface area contributed by atoms with Crippen molar-refractivity contribution < 1.29 is 9.90 Å². The van der Waals surface area contributed by atoms with Gasteiger partial charge >= 0.3 is 0 Å². The summed E-state index contributed by atoms with van der Waals surface area (Å²) in [4.78, 5) is 12.6. The number of hydrogen-bond acceptors (Lipinski definition) is 4. The average molecular weight is 401 g/mol. The summed E-state index contributed by atoms with van der Waals surface area (Å²) in [5.41, 5.74) is 2.68. The molecule has 162 valence electrons. The lowest BCUT2D eigenvalue weighted by molar-refractivity contribution is -0.107. The quantitative estimate of drug-likeness (QED) is 0.573. The third kappa shape index (κ3) is 6.37. The minimum atomic E-state index is -0.540. The van der Waals surface area contributed by atoms with Crippen molar-refractivity contribution in [1.29, 1.82) is 0 Å². The first-order chi connectivity index (χ1) is 14.1. The molecule has 1 aromatic rings. The summed E-state index contributed by atoms with van der Waals surface area (Å²) in [6.07, 6.45) is 14.5. The molecule has 1 atom stereocenters. The highest BCUT2D eigenvalue weighted by atomic mass is 16.3. The normalized spacial score (nSPS) is 24.8. The number of benzene rings is 1. The van der Waals surface area contributed by atoms with Crippen molar-refractivity contribution in [3.8, 4) is 0 Å². The largest absolute Gasteiger partial charge is 0.389 e. The molecule has 29 heavy (non-hydrogen) atoms. The van der Waals surface area contributed by atoms with Crippen LogP contribution in [-0.4, -0.2) is 48.6 Å². The molecule has 0 amide bonds. The fraction of sp³-hybridized carbons (Fsp3) is 0.720. The number of nitrogens with zero attached hydrogens (tertiary/aromatic N) is 1. The maximum Gasteiger partial charge on any atom is 0.133 e. The number of aliphatic hydroxyl groups is 1. The predicted molar refractivity (Wildman–Crippen MR) is 119 cm³/mol. The Morgan fingerprint density at radius 3 is 2.52 bits per heavy atom. The van der Waals surface area contributed by atoms with Gasteiger partial charge in [0, 0.05) is 19.1 Å². The molecule has 4 rings (SSSR count). The zero-order valence-corrected chi connectivity index (χ0v) is 18.2. The van der Waals surface area contributed by atoms with Gasteiger partial charge in [0.15, 0.2) is 0 Å². The topological polar surface area (TPSA) is 52.6 Å². The van der Waals surface area contributed by atoms with Crippen LogP contribution in [0.1, 0.15) is 81.4 Å². The second-order valence-corrected chi connectivity index (χ2v) is 9.35. The molecule has 2 fully saturated rings.